The zero-order chi connectivity index (χ0) is 25.5. The number of benzene rings is 2. The maximum Gasteiger partial charge on any atom is 0.321 e. The number of hydrogen-bond acceptors (Lipinski definition) is 6. The maximum absolute atomic E-state index is 13.1. The number of halogens is 1. The highest BCUT2D eigenvalue weighted by atomic mass is 35.5. The fraction of sp³-hybridized carbons (Fsp3) is 0.259. The van der Waals surface area contributed by atoms with Crippen LogP contribution in [0.2, 0.25) is 5.02 Å². The summed E-state index contributed by atoms with van der Waals surface area (Å²) in [6.07, 6.45) is 2.28. The van der Waals surface area contributed by atoms with Crippen molar-refractivity contribution in [3.8, 4) is 10.8 Å². The number of aryl methyl sites for hydroxylation is 1. The van der Waals surface area contributed by atoms with Gasteiger partial charge in [-0.2, -0.15) is 0 Å². The molecule has 0 radical (unpaired) electrons. The first-order valence-electron chi connectivity index (χ1n) is 12.2. The fourth-order valence-corrected chi connectivity index (χ4v) is 5.77. The van der Waals surface area contributed by atoms with Gasteiger partial charge in [0.2, 0.25) is 0 Å². The lowest BCUT2D eigenvalue weighted by atomic mass is 10.0. The van der Waals surface area contributed by atoms with Gasteiger partial charge in [-0.05, 0) is 55.7 Å². The van der Waals surface area contributed by atoms with Gasteiger partial charge in [0.15, 0.2) is 12.0 Å². The molecule has 1 saturated carbocycles. The summed E-state index contributed by atoms with van der Waals surface area (Å²) in [5.74, 6) is 2.57. The van der Waals surface area contributed by atoms with Crippen LogP contribution in [0, 0.1) is 0 Å². The zero-order valence-electron chi connectivity index (χ0n) is 20.4. The topological polar surface area (TPSA) is 93.4 Å². The van der Waals surface area contributed by atoms with Gasteiger partial charge < -0.3 is 15.4 Å². The van der Waals surface area contributed by atoms with Crippen LogP contribution in [-0.4, -0.2) is 33.6 Å². The van der Waals surface area contributed by atoms with Gasteiger partial charge in [-0.25, -0.2) is 4.79 Å². The van der Waals surface area contributed by atoms with Crippen molar-refractivity contribution in [2.45, 2.75) is 38.3 Å². The number of nitrogens with one attached hydrogen (secondary N) is 2. The van der Waals surface area contributed by atoms with Crippen molar-refractivity contribution in [2.75, 3.05) is 12.4 Å². The maximum atomic E-state index is 13.1. The number of carbonyl (C=O) groups excluding carboxylic acids is 1. The Balaban J connectivity index is 1.44. The Bertz CT molecular complexity index is 1510. The summed E-state index contributed by atoms with van der Waals surface area (Å²) < 4.78 is 7.30. The molecule has 1 aliphatic heterocycles. The molecule has 0 bridgehead atoms. The molecule has 2 aliphatic rings. The molecule has 10 heteroatoms. The normalized spacial score (nSPS) is 16.3. The number of anilines is 1. The predicted molar refractivity (Wildman–Crippen MR) is 146 cm³/mol. The van der Waals surface area contributed by atoms with E-state index in [1.165, 1.54) is 4.88 Å². The number of urea groups is 1. The van der Waals surface area contributed by atoms with E-state index in [1.54, 1.807) is 42.7 Å². The van der Waals surface area contributed by atoms with Gasteiger partial charge in [-0.15, -0.1) is 21.5 Å². The van der Waals surface area contributed by atoms with Crippen LogP contribution in [0.3, 0.4) is 0 Å². The monoisotopic (exact) mass is 532 g/mol. The first-order chi connectivity index (χ1) is 18.1. The SMILES string of the molecule is CCc1cc2c(s1)-n1c(C3CC3)nnc1C(NC(=O)Nc1ccc(OC)cc1)N=C2c1ccccc1Cl. The minimum Gasteiger partial charge on any atom is -0.497 e. The van der Waals surface area contributed by atoms with E-state index in [0.717, 1.165) is 46.9 Å². The van der Waals surface area contributed by atoms with Gasteiger partial charge in [0.05, 0.1) is 12.8 Å². The number of carbonyl (C=O) groups is 1. The average molecular weight is 533 g/mol. The Morgan fingerprint density at radius 1 is 1.11 bits per heavy atom. The van der Waals surface area contributed by atoms with E-state index in [0.29, 0.717) is 28.2 Å². The number of aromatic nitrogens is 3. The highest BCUT2D eigenvalue weighted by molar-refractivity contribution is 7.15. The minimum absolute atomic E-state index is 0.358. The van der Waals surface area contributed by atoms with Crippen LogP contribution in [-0.2, 0) is 6.42 Å². The van der Waals surface area contributed by atoms with Crippen molar-refractivity contribution >= 4 is 40.4 Å². The molecule has 2 aromatic carbocycles. The molecule has 8 nitrogen and oxygen atoms in total. The lowest BCUT2D eigenvalue weighted by Crippen LogP contribution is -2.33. The first-order valence-corrected chi connectivity index (χ1v) is 13.4. The van der Waals surface area contributed by atoms with Crippen molar-refractivity contribution in [3.63, 3.8) is 0 Å². The smallest absolute Gasteiger partial charge is 0.321 e. The molecule has 6 rings (SSSR count). The molecule has 1 atom stereocenters. The number of fused-ring (bicyclic) bond motifs is 3. The molecule has 1 unspecified atom stereocenters. The molecular weight excluding hydrogens is 508 g/mol. The second-order valence-corrected chi connectivity index (χ2v) is 10.5. The summed E-state index contributed by atoms with van der Waals surface area (Å²) in [6.45, 7) is 2.14. The fourth-order valence-electron chi connectivity index (χ4n) is 4.43. The lowest BCUT2D eigenvalue weighted by Gasteiger charge is -2.16. The summed E-state index contributed by atoms with van der Waals surface area (Å²) in [7, 11) is 1.60. The number of aliphatic imine (C=N–C) groups is 1. The minimum atomic E-state index is -0.769. The van der Waals surface area contributed by atoms with E-state index in [2.05, 4.69) is 38.4 Å². The molecule has 37 heavy (non-hydrogen) atoms. The van der Waals surface area contributed by atoms with Gasteiger partial charge in [0.25, 0.3) is 0 Å². The van der Waals surface area contributed by atoms with Crippen LogP contribution in [0.1, 0.15) is 59.5 Å². The van der Waals surface area contributed by atoms with Crippen molar-refractivity contribution in [1.29, 1.82) is 0 Å². The third-order valence-electron chi connectivity index (χ3n) is 6.47. The van der Waals surface area contributed by atoms with Crippen LogP contribution in [0.25, 0.3) is 5.00 Å². The number of nitrogens with zero attached hydrogens (tertiary/aromatic N) is 4. The summed E-state index contributed by atoms with van der Waals surface area (Å²) >= 11 is 8.36. The highest BCUT2D eigenvalue weighted by Crippen LogP contribution is 2.44. The second-order valence-electron chi connectivity index (χ2n) is 9.00. The van der Waals surface area contributed by atoms with Crippen LogP contribution in [0.4, 0.5) is 10.5 Å². The van der Waals surface area contributed by atoms with E-state index in [4.69, 9.17) is 21.3 Å². The Morgan fingerprint density at radius 2 is 1.86 bits per heavy atom. The van der Waals surface area contributed by atoms with E-state index >= 15 is 0 Å². The van der Waals surface area contributed by atoms with Crippen LogP contribution in [0.5, 0.6) is 5.75 Å². The largest absolute Gasteiger partial charge is 0.497 e. The molecule has 2 aromatic heterocycles. The number of hydrogen-bond donors (Lipinski definition) is 2. The van der Waals surface area contributed by atoms with Crippen molar-refractivity contribution in [1.82, 2.24) is 20.1 Å². The number of methoxy groups -OCH3 is 1. The number of amides is 2. The molecule has 1 aliphatic carbocycles. The third-order valence-corrected chi connectivity index (χ3v) is 8.07. The number of ether oxygens (including phenoxy) is 1. The van der Waals surface area contributed by atoms with E-state index < -0.39 is 12.2 Å². The molecule has 3 heterocycles. The van der Waals surface area contributed by atoms with E-state index in [9.17, 15) is 4.79 Å². The Kier molecular flexibility index (Phi) is 6.18. The Labute approximate surface area is 223 Å². The lowest BCUT2D eigenvalue weighted by molar-refractivity contribution is 0.248. The molecule has 0 saturated heterocycles. The summed E-state index contributed by atoms with van der Waals surface area (Å²) in [4.78, 5) is 19.4. The van der Waals surface area contributed by atoms with Crippen LogP contribution in [0.15, 0.2) is 59.6 Å². The predicted octanol–water partition coefficient (Wildman–Crippen LogP) is 6.10. The van der Waals surface area contributed by atoms with Gasteiger partial charge in [0.1, 0.15) is 16.6 Å². The van der Waals surface area contributed by atoms with Crippen molar-refractivity contribution < 1.29 is 9.53 Å². The van der Waals surface area contributed by atoms with Gasteiger partial charge in [0, 0.05) is 32.6 Å². The number of thiophene rings is 1. The quantitative estimate of drug-likeness (QED) is 0.313. The molecule has 1 fully saturated rings. The van der Waals surface area contributed by atoms with Gasteiger partial charge in [-0.3, -0.25) is 9.56 Å². The molecule has 188 valence electrons. The van der Waals surface area contributed by atoms with Gasteiger partial charge >= 0.3 is 6.03 Å². The summed E-state index contributed by atoms with van der Waals surface area (Å²) in [5, 5.41) is 16.6. The van der Waals surface area contributed by atoms with Crippen LogP contribution >= 0.6 is 22.9 Å². The standard InChI is InChI=1S/C27H25ClN6O2S/c1-3-18-14-20-22(19-6-4-5-7-21(19)28)30-23(31-27(35)29-16-10-12-17(36-2)13-11-16)25-33-32-24(15-8-9-15)34(25)26(20)37-18/h4-7,10-15,23H,3,8-9H2,1-2H3,(H2,29,31,35). The summed E-state index contributed by atoms with van der Waals surface area (Å²) in [6, 6.07) is 16.5. The Morgan fingerprint density at radius 3 is 2.57 bits per heavy atom. The van der Waals surface area contributed by atoms with Crippen LogP contribution < -0.4 is 15.4 Å². The molecule has 2 amide bonds. The second kappa shape index (κ2) is 9.64. The van der Waals surface area contributed by atoms with E-state index in [-0.39, 0.29) is 0 Å². The number of rotatable bonds is 6. The highest BCUT2D eigenvalue weighted by Gasteiger charge is 2.37. The first kappa shape index (κ1) is 23.7. The zero-order valence-corrected chi connectivity index (χ0v) is 21.9. The Hall–Kier alpha value is -3.69. The van der Waals surface area contributed by atoms with Gasteiger partial charge in [-0.1, -0.05) is 36.7 Å². The summed E-state index contributed by atoms with van der Waals surface area (Å²) in [5.41, 5.74) is 3.13. The van der Waals surface area contributed by atoms with Crippen molar-refractivity contribution in [2.24, 2.45) is 4.99 Å². The van der Waals surface area contributed by atoms with E-state index in [1.807, 2.05) is 24.3 Å². The molecule has 0 spiro atoms. The molecule has 4 aromatic rings. The third kappa shape index (κ3) is 4.49. The molecular formula is C27H25ClN6O2S. The average Bonchev–Trinajstić information content (AvgIpc) is 3.54. The van der Waals surface area contributed by atoms with Crippen molar-refractivity contribution in [3.05, 3.63) is 87.3 Å². The molecule has 2 N–H and O–H groups in total.